The molecular weight excluding hydrogens is 449 g/mol. The predicted molar refractivity (Wildman–Crippen MR) is 121 cm³/mol. The minimum absolute atomic E-state index is 0.0108. The second-order valence-electron chi connectivity index (χ2n) is 7.34. The number of benzene rings is 2. The Morgan fingerprint density at radius 1 is 1.18 bits per heavy atom. The van der Waals surface area contributed by atoms with Crippen molar-refractivity contribution in [3.8, 4) is 11.3 Å². The van der Waals surface area contributed by atoms with Gasteiger partial charge in [0.25, 0.3) is 0 Å². The van der Waals surface area contributed by atoms with Gasteiger partial charge in [0.2, 0.25) is 6.41 Å². The first kappa shape index (κ1) is 24.1. The van der Waals surface area contributed by atoms with Gasteiger partial charge in [0.1, 0.15) is 11.6 Å². The topological polar surface area (TPSA) is 98.6 Å². The lowest BCUT2D eigenvalue weighted by atomic mass is 10.1. The average Bonchev–Trinajstić information content (AvgIpc) is 3.16. The van der Waals surface area contributed by atoms with Crippen molar-refractivity contribution in [2.24, 2.45) is 7.05 Å². The van der Waals surface area contributed by atoms with Gasteiger partial charge in [-0.2, -0.15) is 5.10 Å². The van der Waals surface area contributed by atoms with E-state index in [-0.39, 0.29) is 17.3 Å². The number of ether oxygens (including phenoxy) is 1. The zero-order valence-corrected chi connectivity index (χ0v) is 19.3. The van der Waals surface area contributed by atoms with Gasteiger partial charge in [-0.3, -0.25) is 19.2 Å². The molecule has 3 aromatic rings. The van der Waals surface area contributed by atoms with Crippen LogP contribution in [0.1, 0.15) is 25.5 Å². The average molecular weight is 474 g/mol. The molecule has 2 aromatic carbocycles. The quantitative estimate of drug-likeness (QED) is 0.349. The summed E-state index contributed by atoms with van der Waals surface area (Å²) in [6.07, 6.45) is 0.668. The molecule has 0 aliphatic rings. The Balaban J connectivity index is 1.84. The van der Waals surface area contributed by atoms with Crippen LogP contribution in [-0.2, 0) is 31.2 Å². The van der Waals surface area contributed by atoms with Crippen LogP contribution in [0.15, 0.2) is 59.5 Å². The molecule has 10 heteroatoms. The summed E-state index contributed by atoms with van der Waals surface area (Å²) in [4.78, 5) is 25.0. The van der Waals surface area contributed by atoms with Gasteiger partial charge in [-0.15, -0.1) is 0 Å². The van der Waals surface area contributed by atoms with Crippen molar-refractivity contribution in [2.45, 2.75) is 24.8 Å². The summed E-state index contributed by atoms with van der Waals surface area (Å²) < 4.78 is 44.3. The molecule has 8 nitrogen and oxygen atoms in total. The van der Waals surface area contributed by atoms with Crippen molar-refractivity contribution in [1.29, 1.82) is 0 Å². The maximum Gasteiger partial charge on any atom is 0.321 e. The normalized spacial score (nSPS) is 12.2. The Morgan fingerprint density at radius 3 is 2.39 bits per heavy atom. The van der Waals surface area contributed by atoms with Crippen LogP contribution in [0, 0.1) is 5.82 Å². The number of aromatic nitrogens is 2. The molecule has 0 spiro atoms. The van der Waals surface area contributed by atoms with E-state index in [1.54, 1.807) is 55.9 Å². The lowest BCUT2D eigenvalue weighted by Crippen LogP contribution is -2.27. The number of aryl methyl sites for hydroxylation is 1. The number of amides is 1. The minimum Gasteiger partial charge on any atom is -0.465 e. The number of nitrogens with zero attached hydrogens (tertiary/aromatic N) is 3. The molecule has 0 saturated heterocycles. The molecule has 0 aliphatic carbocycles. The van der Waals surface area contributed by atoms with E-state index in [0.717, 1.165) is 0 Å². The highest BCUT2D eigenvalue weighted by Crippen LogP contribution is 2.30. The fraction of sp³-hybridized carbons (Fsp3) is 0.261. The van der Waals surface area contributed by atoms with E-state index in [9.17, 15) is 22.4 Å². The fourth-order valence-corrected chi connectivity index (χ4v) is 4.47. The summed E-state index contributed by atoms with van der Waals surface area (Å²) in [7, 11) is -2.15. The molecule has 3 rings (SSSR count). The second-order valence-corrected chi connectivity index (χ2v) is 9.33. The number of carbonyl (C=O) groups excluding carboxylic acids is 2. The Morgan fingerprint density at radius 2 is 1.82 bits per heavy atom. The number of halogens is 1. The maximum atomic E-state index is 13.2. The van der Waals surface area contributed by atoms with Crippen LogP contribution in [0.5, 0.6) is 0 Å². The SMILES string of the molecule is CCOC(=O)CS(=O)(=O)c1ccc([C@@H](C)N(C=O)c2cc(-c3ccc(F)cc3)nn2C)cc1. The maximum absolute atomic E-state index is 13.2. The zero-order valence-electron chi connectivity index (χ0n) is 18.4. The smallest absolute Gasteiger partial charge is 0.321 e. The number of esters is 1. The summed E-state index contributed by atoms with van der Waals surface area (Å²) >= 11 is 0. The highest BCUT2D eigenvalue weighted by molar-refractivity contribution is 7.92. The van der Waals surface area contributed by atoms with Crippen molar-refractivity contribution in [1.82, 2.24) is 9.78 Å². The van der Waals surface area contributed by atoms with Gasteiger partial charge < -0.3 is 4.74 Å². The molecule has 0 N–H and O–H groups in total. The molecule has 0 aliphatic heterocycles. The van der Waals surface area contributed by atoms with Crippen LogP contribution in [0.2, 0.25) is 0 Å². The van der Waals surface area contributed by atoms with E-state index in [1.165, 1.54) is 29.2 Å². The van der Waals surface area contributed by atoms with Crippen molar-refractivity contribution < 1.29 is 27.1 Å². The van der Waals surface area contributed by atoms with Crippen molar-refractivity contribution >= 4 is 28.0 Å². The molecule has 0 unspecified atom stereocenters. The molecule has 1 heterocycles. The molecule has 174 valence electrons. The van der Waals surface area contributed by atoms with Crippen LogP contribution >= 0.6 is 0 Å². The molecule has 1 amide bonds. The third-order valence-corrected chi connectivity index (χ3v) is 6.73. The number of anilines is 1. The third-order valence-electron chi connectivity index (χ3n) is 5.13. The van der Waals surface area contributed by atoms with Crippen molar-refractivity contribution in [2.75, 3.05) is 17.3 Å². The first-order valence-corrected chi connectivity index (χ1v) is 11.8. The molecule has 0 bridgehead atoms. The molecule has 0 fully saturated rings. The van der Waals surface area contributed by atoms with Gasteiger partial charge in [-0.25, -0.2) is 12.8 Å². The van der Waals surface area contributed by atoms with Crippen LogP contribution in [0.4, 0.5) is 10.2 Å². The van der Waals surface area contributed by atoms with Crippen molar-refractivity contribution in [3.63, 3.8) is 0 Å². The highest BCUT2D eigenvalue weighted by atomic mass is 32.2. The van der Waals surface area contributed by atoms with E-state index >= 15 is 0 Å². The number of carbonyl (C=O) groups is 2. The van der Waals surface area contributed by atoms with Crippen molar-refractivity contribution in [3.05, 3.63) is 66.0 Å². The molecule has 33 heavy (non-hydrogen) atoms. The van der Waals surface area contributed by atoms with Gasteiger partial charge in [0.15, 0.2) is 15.6 Å². The monoisotopic (exact) mass is 473 g/mol. The van der Waals surface area contributed by atoms with E-state index < -0.39 is 27.6 Å². The van der Waals surface area contributed by atoms with Gasteiger partial charge in [-0.1, -0.05) is 12.1 Å². The van der Waals surface area contributed by atoms with Crippen LogP contribution < -0.4 is 4.90 Å². The lowest BCUT2D eigenvalue weighted by Gasteiger charge is -2.25. The van der Waals surface area contributed by atoms with E-state index in [2.05, 4.69) is 5.10 Å². The highest BCUT2D eigenvalue weighted by Gasteiger charge is 2.23. The number of hydrogen-bond donors (Lipinski definition) is 0. The summed E-state index contributed by atoms with van der Waals surface area (Å²) in [5.41, 5.74) is 1.96. The molecule has 1 aromatic heterocycles. The summed E-state index contributed by atoms with van der Waals surface area (Å²) in [6, 6.07) is 13.1. The Hall–Kier alpha value is -3.53. The van der Waals surface area contributed by atoms with Crippen LogP contribution in [-0.4, -0.2) is 42.9 Å². The van der Waals surface area contributed by atoms with Crippen LogP contribution in [0.25, 0.3) is 11.3 Å². The van der Waals surface area contributed by atoms with Gasteiger partial charge >= 0.3 is 5.97 Å². The van der Waals surface area contributed by atoms with Gasteiger partial charge in [-0.05, 0) is 55.8 Å². The number of rotatable bonds is 9. The molecule has 0 saturated carbocycles. The molecule has 1 atom stereocenters. The van der Waals surface area contributed by atoms with E-state index in [0.29, 0.717) is 29.0 Å². The Bertz CT molecular complexity index is 1240. The minimum atomic E-state index is -3.84. The largest absolute Gasteiger partial charge is 0.465 e. The van der Waals surface area contributed by atoms with Gasteiger partial charge in [0, 0.05) is 18.7 Å². The van der Waals surface area contributed by atoms with E-state index in [4.69, 9.17) is 4.74 Å². The molecular formula is C23H24FN3O5S. The fourth-order valence-electron chi connectivity index (χ4n) is 3.36. The summed E-state index contributed by atoms with van der Waals surface area (Å²) in [5, 5.41) is 4.42. The standard InChI is InChI=1S/C23H24FN3O5S/c1-4-32-23(29)14-33(30,31)20-11-7-17(8-12-20)16(2)27(15-28)22-13-21(25-26(22)3)18-5-9-19(24)10-6-18/h5-13,15-16H,4,14H2,1-3H3/t16-/m1/s1. The van der Waals surface area contributed by atoms with Gasteiger partial charge in [0.05, 0.1) is 23.2 Å². The number of sulfone groups is 1. The second kappa shape index (κ2) is 9.95. The Labute approximate surface area is 191 Å². The Kier molecular flexibility index (Phi) is 7.27. The van der Waals surface area contributed by atoms with Crippen LogP contribution in [0.3, 0.4) is 0 Å². The summed E-state index contributed by atoms with van der Waals surface area (Å²) in [5.74, 6) is -1.39. The summed E-state index contributed by atoms with van der Waals surface area (Å²) in [6.45, 7) is 3.49. The van der Waals surface area contributed by atoms with E-state index in [1.807, 2.05) is 0 Å². The number of hydrogen-bond acceptors (Lipinski definition) is 6. The molecule has 0 radical (unpaired) electrons. The zero-order chi connectivity index (χ0) is 24.2. The third kappa shape index (κ3) is 5.46. The first-order valence-electron chi connectivity index (χ1n) is 10.2. The lowest BCUT2D eigenvalue weighted by molar-refractivity contribution is -0.139. The predicted octanol–water partition coefficient (Wildman–Crippen LogP) is 3.29. The first-order chi connectivity index (χ1) is 15.7.